The highest BCUT2D eigenvalue weighted by Gasteiger charge is 2.22. The third-order valence-corrected chi connectivity index (χ3v) is 5.26. The number of ether oxygens (including phenoxy) is 1. The van der Waals surface area contributed by atoms with Gasteiger partial charge in [0.1, 0.15) is 5.75 Å². The predicted molar refractivity (Wildman–Crippen MR) is 100.0 cm³/mol. The number of nitrogens with zero attached hydrogens (tertiary/aromatic N) is 1. The summed E-state index contributed by atoms with van der Waals surface area (Å²) in [4.78, 5) is 16.4. The van der Waals surface area contributed by atoms with Gasteiger partial charge in [0.2, 0.25) is 0 Å². The standard InChI is InChI=1S/C22H27NO2/c1-3-4-17-6-8-18(9-7-17)19-10-12-20(13-11-19)22(24)25-21-14-5-16(2)23-15-21/h5,10-15,17-18H,3-4,6-9H2,1-2H3. The highest BCUT2D eigenvalue weighted by atomic mass is 16.5. The van der Waals surface area contributed by atoms with E-state index in [0.29, 0.717) is 17.2 Å². The summed E-state index contributed by atoms with van der Waals surface area (Å²) in [6, 6.07) is 11.6. The van der Waals surface area contributed by atoms with E-state index in [1.165, 1.54) is 44.1 Å². The molecule has 0 saturated heterocycles. The van der Waals surface area contributed by atoms with Crippen molar-refractivity contribution in [2.24, 2.45) is 5.92 Å². The van der Waals surface area contributed by atoms with E-state index in [1.807, 2.05) is 25.1 Å². The van der Waals surface area contributed by atoms with Gasteiger partial charge in [0.05, 0.1) is 11.8 Å². The van der Waals surface area contributed by atoms with Crippen molar-refractivity contribution in [1.29, 1.82) is 0 Å². The molecule has 132 valence electrons. The smallest absolute Gasteiger partial charge is 0.343 e. The molecule has 1 aliphatic carbocycles. The fourth-order valence-corrected chi connectivity index (χ4v) is 3.76. The molecule has 1 saturated carbocycles. The lowest BCUT2D eigenvalue weighted by Gasteiger charge is -2.28. The fraction of sp³-hybridized carbons (Fsp3) is 0.455. The van der Waals surface area contributed by atoms with Crippen LogP contribution in [0.3, 0.4) is 0 Å². The van der Waals surface area contributed by atoms with Gasteiger partial charge < -0.3 is 4.74 Å². The topological polar surface area (TPSA) is 39.2 Å². The molecule has 0 spiro atoms. The quantitative estimate of drug-likeness (QED) is 0.659. The zero-order chi connectivity index (χ0) is 17.6. The first-order chi connectivity index (χ1) is 12.2. The second-order valence-corrected chi connectivity index (χ2v) is 7.15. The molecule has 1 aliphatic rings. The number of aryl methyl sites for hydroxylation is 1. The second kappa shape index (κ2) is 8.28. The Hall–Kier alpha value is -2.16. The number of hydrogen-bond acceptors (Lipinski definition) is 3. The molecule has 0 aliphatic heterocycles. The van der Waals surface area contributed by atoms with Gasteiger partial charge in [-0.3, -0.25) is 4.98 Å². The number of aromatic nitrogens is 1. The normalized spacial score (nSPS) is 20.2. The number of esters is 1. The van der Waals surface area contributed by atoms with Gasteiger partial charge in [-0.05, 0) is 74.3 Å². The molecule has 3 nitrogen and oxygen atoms in total. The van der Waals surface area contributed by atoms with E-state index < -0.39 is 0 Å². The molecule has 0 atom stereocenters. The van der Waals surface area contributed by atoms with Crippen molar-refractivity contribution in [2.45, 2.75) is 58.3 Å². The molecule has 3 rings (SSSR count). The summed E-state index contributed by atoms with van der Waals surface area (Å²) in [5.41, 5.74) is 2.84. The van der Waals surface area contributed by atoms with Crippen LogP contribution in [0.2, 0.25) is 0 Å². The summed E-state index contributed by atoms with van der Waals surface area (Å²) in [5.74, 6) is 1.70. The Kier molecular flexibility index (Phi) is 5.85. The molecule has 3 heteroatoms. The average Bonchev–Trinajstić information content (AvgIpc) is 2.65. The van der Waals surface area contributed by atoms with Crippen molar-refractivity contribution in [1.82, 2.24) is 4.98 Å². The van der Waals surface area contributed by atoms with E-state index in [1.54, 1.807) is 12.3 Å². The van der Waals surface area contributed by atoms with Crippen molar-refractivity contribution >= 4 is 5.97 Å². The van der Waals surface area contributed by atoms with Crippen LogP contribution in [-0.4, -0.2) is 11.0 Å². The summed E-state index contributed by atoms with van der Waals surface area (Å²) in [7, 11) is 0. The van der Waals surface area contributed by atoms with Crippen LogP contribution >= 0.6 is 0 Å². The first-order valence-corrected chi connectivity index (χ1v) is 9.40. The number of benzene rings is 1. The van der Waals surface area contributed by atoms with Crippen LogP contribution < -0.4 is 4.74 Å². The van der Waals surface area contributed by atoms with E-state index in [-0.39, 0.29) is 5.97 Å². The lowest BCUT2D eigenvalue weighted by Crippen LogP contribution is -2.13. The minimum Gasteiger partial charge on any atom is -0.421 e. The Morgan fingerprint density at radius 1 is 1.08 bits per heavy atom. The van der Waals surface area contributed by atoms with Crippen molar-refractivity contribution in [3.05, 3.63) is 59.4 Å². The summed E-state index contributed by atoms with van der Waals surface area (Å²) >= 11 is 0. The van der Waals surface area contributed by atoms with Crippen molar-refractivity contribution in [3.8, 4) is 5.75 Å². The highest BCUT2D eigenvalue weighted by Crippen LogP contribution is 2.37. The maximum Gasteiger partial charge on any atom is 0.343 e. The van der Waals surface area contributed by atoms with Gasteiger partial charge in [-0.2, -0.15) is 0 Å². The Bertz CT molecular complexity index is 683. The average molecular weight is 337 g/mol. The summed E-state index contributed by atoms with van der Waals surface area (Å²) in [5, 5.41) is 0. The Morgan fingerprint density at radius 3 is 2.40 bits per heavy atom. The zero-order valence-corrected chi connectivity index (χ0v) is 15.2. The van der Waals surface area contributed by atoms with Crippen LogP contribution in [0.25, 0.3) is 0 Å². The minimum atomic E-state index is -0.330. The van der Waals surface area contributed by atoms with Crippen LogP contribution in [0.5, 0.6) is 5.75 Å². The van der Waals surface area contributed by atoms with Crippen molar-refractivity contribution < 1.29 is 9.53 Å². The van der Waals surface area contributed by atoms with Gasteiger partial charge in [0, 0.05) is 5.69 Å². The molecule has 0 radical (unpaired) electrons. The number of carbonyl (C=O) groups excluding carboxylic acids is 1. The number of rotatable bonds is 5. The van der Waals surface area contributed by atoms with E-state index in [0.717, 1.165) is 11.6 Å². The molecule has 1 fully saturated rings. The van der Waals surface area contributed by atoms with Gasteiger partial charge in [0.15, 0.2) is 0 Å². The molecular formula is C22H27NO2. The lowest BCUT2D eigenvalue weighted by atomic mass is 9.77. The molecule has 0 amide bonds. The van der Waals surface area contributed by atoms with Crippen molar-refractivity contribution in [2.75, 3.05) is 0 Å². The van der Waals surface area contributed by atoms with Crippen LogP contribution in [-0.2, 0) is 0 Å². The second-order valence-electron chi connectivity index (χ2n) is 7.15. The fourth-order valence-electron chi connectivity index (χ4n) is 3.76. The lowest BCUT2D eigenvalue weighted by molar-refractivity contribution is 0.0734. The summed E-state index contributed by atoms with van der Waals surface area (Å²) in [6.07, 6.45) is 9.45. The molecule has 0 bridgehead atoms. The third kappa shape index (κ3) is 4.68. The molecule has 0 unspecified atom stereocenters. The van der Waals surface area contributed by atoms with Crippen LogP contribution in [0.4, 0.5) is 0 Å². The molecule has 1 aromatic heterocycles. The Morgan fingerprint density at radius 2 is 1.80 bits per heavy atom. The molecule has 1 aromatic carbocycles. The molecule has 0 N–H and O–H groups in total. The van der Waals surface area contributed by atoms with Gasteiger partial charge in [0.25, 0.3) is 0 Å². The van der Waals surface area contributed by atoms with Gasteiger partial charge in [-0.15, -0.1) is 0 Å². The Labute approximate surface area is 150 Å². The monoisotopic (exact) mass is 337 g/mol. The molecule has 1 heterocycles. The largest absolute Gasteiger partial charge is 0.421 e. The third-order valence-electron chi connectivity index (χ3n) is 5.26. The van der Waals surface area contributed by atoms with E-state index in [2.05, 4.69) is 24.0 Å². The van der Waals surface area contributed by atoms with Gasteiger partial charge >= 0.3 is 5.97 Å². The summed E-state index contributed by atoms with van der Waals surface area (Å²) in [6.45, 7) is 4.18. The minimum absolute atomic E-state index is 0.330. The number of hydrogen-bond donors (Lipinski definition) is 0. The maximum absolute atomic E-state index is 12.3. The Balaban J connectivity index is 1.58. The van der Waals surface area contributed by atoms with E-state index in [4.69, 9.17) is 4.74 Å². The molecule has 25 heavy (non-hydrogen) atoms. The number of carbonyl (C=O) groups is 1. The molecular weight excluding hydrogens is 310 g/mol. The highest BCUT2D eigenvalue weighted by molar-refractivity contribution is 5.91. The van der Waals surface area contributed by atoms with Gasteiger partial charge in [-0.25, -0.2) is 4.79 Å². The first kappa shape index (κ1) is 17.7. The van der Waals surface area contributed by atoms with E-state index in [9.17, 15) is 4.79 Å². The first-order valence-electron chi connectivity index (χ1n) is 9.40. The van der Waals surface area contributed by atoms with Crippen molar-refractivity contribution in [3.63, 3.8) is 0 Å². The van der Waals surface area contributed by atoms with Crippen LogP contribution in [0.1, 0.15) is 73.0 Å². The van der Waals surface area contributed by atoms with Crippen LogP contribution in [0.15, 0.2) is 42.6 Å². The van der Waals surface area contributed by atoms with Crippen LogP contribution in [0, 0.1) is 12.8 Å². The molecule has 2 aromatic rings. The maximum atomic E-state index is 12.3. The summed E-state index contributed by atoms with van der Waals surface area (Å²) < 4.78 is 5.38. The van der Waals surface area contributed by atoms with Gasteiger partial charge in [-0.1, -0.05) is 31.9 Å². The predicted octanol–water partition coefficient (Wildman–Crippen LogP) is 5.68. The number of pyridine rings is 1. The zero-order valence-electron chi connectivity index (χ0n) is 15.2. The SMILES string of the molecule is CCCC1CCC(c2ccc(C(=O)Oc3ccc(C)nc3)cc2)CC1. The van der Waals surface area contributed by atoms with E-state index >= 15 is 0 Å².